The van der Waals surface area contributed by atoms with Gasteiger partial charge in [-0.1, -0.05) is 49.4 Å². The van der Waals surface area contributed by atoms with Gasteiger partial charge in [0.05, 0.1) is 0 Å². The first-order valence-electron chi connectivity index (χ1n) is 5.54. The van der Waals surface area contributed by atoms with E-state index in [4.69, 9.17) is 5.11 Å². The predicted molar refractivity (Wildman–Crippen MR) is 69.3 cm³/mol. The van der Waals surface area contributed by atoms with E-state index in [0.29, 0.717) is 5.75 Å². The van der Waals surface area contributed by atoms with Gasteiger partial charge < -0.3 is 5.11 Å². The molecule has 0 amide bonds. The molecule has 0 spiro atoms. The molecule has 0 bridgehead atoms. The Balaban J connectivity index is 0.000000171. The largest absolute Gasteiger partial charge is 0.508 e. The van der Waals surface area contributed by atoms with Crippen molar-refractivity contribution >= 4 is 6.29 Å². The van der Waals surface area contributed by atoms with E-state index in [1.807, 2.05) is 30.3 Å². The summed E-state index contributed by atoms with van der Waals surface area (Å²) in [6, 6.07) is 16.4. The highest BCUT2D eigenvalue weighted by atomic mass is 16.3. The minimum Gasteiger partial charge on any atom is -0.508 e. The topological polar surface area (TPSA) is 37.3 Å². The molecule has 17 heavy (non-hydrogen) atoms. The summed E-state index contributed by atoms with van der Waals surface area (Å²) in [5, 5.41) is 8.85. The Kier molecular flexibility index (Phi) is 5.52. The van der Waals surface area contributed by atoms with E-state index >= 15 is 0 Å². The second-order valence-corrected chi connectivity index (χ2v) is 3.55. The summed E-state index contributed by atoms with van der Waals surface area (Å²) in [5.74, 6) is 0.340. The maximum atomic E-state index is 10.0. The summed E-state index contributed by atoms with van der Waals surface area (Å²) in [5.41, 5.74) is 1.99. The Morgan fingerprint density at radius 1 is 1.00 bits per heavy atom. The van der Waals surface area contributed by atoms with Crippen LogP contribution >= 0.6 is 0 Å². The van der Waals surface area contributed by atoms with Gasteiger partial charge in [-0.05, 0) is 24.1 Å². The number of hydrogen-bond acceptors (Lipinski definition) is 2. The van der Waals surface area contributed by atoms with E-state index in [2.05, 4.69) is 6.92 Å². The van der Waals surface area contributed by atoms with E-state index in [1.165, 1.54) is 5.56 Å². The monoisotopic (exact) mass is 228 g/mol. The van der Waals surface area contributed by atoms with E-state index < -0.39 is 0 Å². The lowest BCUT2D eigenvalue weighted by molar-refractivity contribution is 0.112. The molecule has 0 heterocycles. The minimum absolute atomic E-state index is 0.340. The molecule has 0 aromatic heterocycles. The van der Waals surface area contributed by atoms with Crippen molar-refractivity contribution in [2.45, 2.75) is 13.3 Å². The van der Waals surface area contributed by atoms with Crippen LogP contribution in [0.1, 0.15) is 22.8 Å². The molecule has 0 aliphatic rings. The molecule has 0 aliphatic heterocycles. The molecule has 88 valence electrons. The van der Waals surface area contributed by atoms with Crippen molar-refractivity contribution in [2.75, 3.05) is 0 Å². The SMILES string of the molecule is CCc1ccc(O)cc1.O=Cc1ccccc1. The zero-order chi connectivity index (χ0) is 12.5. The smallest absolute Gasteiger partial charge is 0.150 e. The van der Waals surface area contributed by atoms with Gasteiger partial charge in [0.2, 0.25) is 0 Å². The number of aryl methyl sites for hydroxylation is 1. The molecule has 2 rings (SSSR count). The van der Waals surface area contributed by atoms with Crippen molar-refractivity contribution in [1.82, 2.24) is 0 Å². The third-order valence-electron chi connectivity index (χ3n) is 2.28. The first-order chi connectivity index (χ1) is 8.26. The maximum absolute atomic E-state index is 10.0. The Bertz CT molecular complexity index is 432. The standard InChI is InChI=1S/C8H10O.C7H6O/c1-2-7-3-5-8(9)6-4-7;8-6-7-4-2-1-3-5-7/h3-6,9H,2H2,1H3;1-6H. The lowest BCUT2D eigenvalue weighted by Gasteiger charge is -1.93. The van der Waals surface area contributed by atoms with Crippen LogP contribution in [0.3, 0.4) is 0 Å². The number of hydrogen-bond donors (Lipinski definition) is 1. The highest BCUT2D eigenvalue weighted by Crippen LogP contribution is 2.09. The van der Waals surface area contributed by atoms with Gasteiger partial charge in [-0.3, -0.25) is 4.79 Å². The van der Waals surface area contributed by atoms with E-state index in [1.54, 1.807) is 24.3 Å². The second kappa shape index (κ2) is 7.23. The summed E-state index contributed by atoms with van der Waals surface area (Å²) in [7, 11) is 0. The summed E-state index contributed by atoms with van der Waals surface area (Å²) in [4.78, 5) is 10.0. The Morgan fingerprint density at radius 3 is 2.00 bits per heavy atom. The van der Waals surface area contributed by atoms with Crippen LogP contribution in [0.15, 0.2) is 54.6 Å². The highest BCUT2D eigenvalue weighted by Gasteiger charge is 1.86. The molecule has 2 nitrogen and oxygen atoms in total. The predicted octanol–water partition coefficient (Wildman–Crippen LogP) is 3.45. The normalized spacial score (nSPS) is 9.00. The van der Waals surface area contributed by atoms with Crippen molar-refractivity contribution in [2.24, 2.45) is 0 Å². The van der Waals surface area contributed by atoms with Crippen LogP contribution in [0, 0.1) is 0 Å². The summed E-state index contributed by atoms with van der Waals surface area (Å²) >= 11 is 0. The Hall–Kier alpha value is -2.09. The highest BCUT2D eigenvalue weighted by molar-refractivity contribution is 5.74. The molecule has 1 N–H and O–H groups in total. The summed E-state index contributed by atoms with van der Waals surface area (Å²) < 4.78 is 0. The van der Waals surface area contributed by atoms with Gasteiger partial charge in [0.25, 0.3) is 0 Å². The minimum atomic E-state index is 0.340. The van der Waals surface area contributed by atoms with Crippen molar-refractivity contribution in [3.05, 3.63) is 65.7 Å². The van der Waals surface area contributed by atoms with Gasteiger partial charge in [0.15, 0.2) is 0 Å². The maximum Gasteiger partial charge on any atom is 0.150 e. The number of carbonyl (C=O) groups excluding carboxylic acids is 1. The van der Waals surface area contributed by atoms with Crippen molar-refractivity contribution in [1.29, 1.82) is 0 Å². The van der Waals surface area contributed by atoms with Crippen molar-refractivity contribution < 1.29 is 9.90 Å². The molecule has 0 atom stereocenters. The molecule has 0 radical (unpaired) electrons. The third-order valence-corrected chi connectivity index (χ3v) is 2.28. The number of carbonyl (C=O) groups is 1. The first-order valence-corrected chi connectivity index (χ1v) is 5.54. The van der Waals surface area contributed by atoms with Gasteiger partial charge in [-0.25, -0.2) is 0 Å². The fourth-order valence-electron chi connectivity index (χ4n) is 1.26. The Labute approximate surface area is 102 Å². The molecule has 2 heteroatoms. The zero-order valence-corrected chi connectivity index (χ0v) is 9.84. The average Bonchev–Trinajstić information content (AvgIpc) is 2.41. The zero-order valence-electron chi connectivity index (χ0n) is 9.84. The van der Waals surface area contributed by atoms with Crippen LogP contribution in [0.4, 0.5) is 0 Å². The quantitative estimate of drug-likeness (QED) is 0.799. The van der Waals surface area contributed by atoms with Gasteiger partial charge in [-0.15, -0.1) is 0 Å². The fourth-order valence-corrected chi connectivity index (χ4v) is 1.26. The number of aldehydes is 1. The molecule has 2 aromatic rings. The number of rotatable bonds is 2. The van der Waals surface area contributed by atoms with Crippen LogP contribution in [0.5, 0.6) is 5.75 Å². The van der Waals surface area contributed by atoms with Crippen LogP contribution in [0.2, 0.25) is 0 Å². The molecule has 0 saturated carbocycles. The van der Waals surface area contributed by atoms with E-state index in [9.17, 15) is 4.79 Å². The average molecular weight is 228 g/mol. The lowest BCUT2D eigenvalue weighted by atomic mass is 10.2. The van der Waals surface area contributed by atoms with Crippen LogP contribution in [-0.2, 0) is 6.42 Å². The summed E-state index contributed by atoms with van der Waals surface area (Å²) in [6.07, 6.45) is 1.86. The molecule has 0 fully saturated rings. The number of phenolic OH excluding ortho intramolecular Hbond substituents is 1. The van der Waals surface area contributed by atoms with Gasteiger partial charge in [0.1, 0.15) is 12.0 Å². The van der Waals surface area contributed by atoms with Crippen LogP contribution < -0.4 is 0 Å². The van der Waals surface area contributed by atoms with E-state index in [0.717, 1.165) is 18.3 Å². The molecule has 2 aromatic carbocycles. The molecule has 0 saturated heterocycles. The second-order valence-electron chi connectivity index (χ2n) is 3.55. The molecule has 0 aliphatic carbocycles. The first kappa shape index (κ1) is 13.0. The van der Waals surface area contributed by atoms with Crippen LogP contribution in [-0.4, -0.2) is 11.4 Å². The lowest BCUT2D eigenvalue weighted by Crippen LogP contribution is -1.75. The summed E-state index contributed by atoms with van der Waals surface area (Å²) in [6.45, 7) is 2.09. The molecular formula is C15H16O2. The van der Waals surface area contributed by atoms with E-state index in [-0.39, 0.29) is 0 Å². The fraction of sp³-hybridized carbons (Fsp3) is 0.133. The van der Waals surface area contributed by atoms with Gasteiger partial charge in [-0.2, -0.15) is 0 Å². The van der Waals surface area contributed by atoms with Gasteiger partial charge >= 0.3 is 0 Å². The molecular weight excluding hydrogens is 212 g/mol. The van der Waals surface area contributed by atoms with Crippen molar-refractivity contribution in [3.63, 3.8) is 0 Å². The number of aromatic hydroxyl groups is 1. The van der Waals surface area contributed by atoms with Crippen molar-refractivity contribution in [3.8, 4) is 5.75 Å². The molecule has 0 unspecified atom stereocenters. The third kappa shape index (κ3) is 4.98. The van der Waals surface area contributed by atoms with Gasteiger partial charge in [0, 0.05) is 5.56 Å². The number of phenols is 1. The van der Waals surface area contributed by atoms with Crippen LogP contribution in [0.25, 0.3) is 0 Å². The Morgan fingerprint density at radius 2 is 1.59 bits per heavy atom. The number of benzene rings is 2.